The highest BCUT2D eigenvalue weighted by molar-refractivity contribution is 5.85. The summed E-state index contributed by atoms with van der Waals surface area (Å²) < 4.78 is 5.07. The van der Waals surface area contributed by atoms with Crippen LogP contribution in [0.25, 0.3) is 0 Å². The molecule has 1 heterocycles. The summed E-state index contributed by atoms with van der Waals surface area (Å²) in [5, 5.41) is 3.47. The number of piperidine rings is 1. The maximum atomic E-state index is 11.6. The van der Waals surface area contributed by atoms with Crippen LogP contribution < -0.4 is 5.32 Å². The molecule has 0 aromatic rings. The Morgan fingerprint density at radius 1 is 1.50 bits per heavy atom. The monoisotopic (exact) mass is 249 g/mol. The van der Waals surface area contributed by atoms with E-state index < -0.39 is 0 Å². The van der Waals surface area contributed by atoms with Gasteiger partial charge in [0.2, 0.25) is 0 Å². The van der Waals surface area contributed by atoms with Gasteiger partial charge in [0.05, 0.1) is 12.5 Å². The molecule has 1 saturated heterocycles. The van der Waals surface area contributed by atoms with Crippen molar-refractivity contribution in [3.05, 3.63) is 0 Å². The SMILES string of the molecule is CCOC(=O)[C@@H]1CCN[C@H](CC(C)C)C1.Cl. The van der Waals surface area contributed by atoms with Crippen molar-refractivity contribution in [3.63, 3.8) is 0 Å². The molecule has 2 atom stereocenters. The number of nitrogens with one attached hydrogen (secondary N) is 1. The third-order valence-corrected chi connectivity index (χ3v) is 2.87. The quantitative estimate of drug-likeness (QED) is 0.778. The average molecular weight is 250 g/mol. The first kappa shape index (κ1) is 15.7. The Morgan fingerprint density at radius 2 is 2.19 bits per heavy atom. The van der Waals surface area contributed by atoms with Crippen molar-refractivity contribution in [2.75, 3.05) is 13.2 Å². The van der Waals surface area contributed by atoms with Crippen LogP contribution in [-0.2, 0) is 9.53 Å². The molecule has 0 unspecified atom stereocenters. The molecule has 1 rings (SSSR count). The zero-order valence-electron chi connectivity index (χ0n) is 10.5. The average Bonchev–Trinajstić information content (AvgIpc) is 2.17. The van der Waals surface area contributed by atoms with Gasteiger partial charge in [0.15, 0.2) is 0 Å². The molecular formula is C12H24ClNO2. The van der Waals surface area contributed by atoms with Crippen molar-refractivity contribution >= 4 is 18.4 Å². The highest BCUT2D eigenvalue weighted by Gasteiger charge is 2.27. The van der Waals surface area contributed by atoms with E-state index in [2.05, 4.69) is 19.2 Å². The van der Waals surface area contributed by atoms with Gasteiger partial charge in [-0.05, 0) is 38.6 Å². The number of carbonyl (C=O) groups excluding carboxylic acids is 1. The topological polar surface area (TPSA) is 38.3 Å². The van der Waals surface area contributed by atoms with Gasteiger partial charge < -0.3 is 10.1 Å². The van der Waals surface area contributed by atoms with Crippen LogP contribution in [0.4, 0.5) is 0 Å². The largest absolute Gasteiger partial charge is 0.466 e. The second kappa shape index (κ2) is 7.91. The molecule has 16 heavy (non-hydrogen) atoms. The molecule has 1 fully saturated rings. The Morgan fingerprint density at radius 3 is 2.75 bits per heavy atom. The molecule has 0 bridgehead atoms. The number of ether oxygens (including phenoxy) is 1. The van der Waals surface area contributed by atoms with Gasteiger partial charge >= 0.3 is 5.97 Å². The fourth-order valence-corrected chi connectivity index (χ4v) is 2.23. The van der Waals surface area contributed by atoms with Crippen LogP contribution in [-0.4, -0.2) is 25.2 Å². The van der Waals surface area contributed by atoms with Crippen molar-refractivity contribution in [2.45, 2.75) is 46.1 Å². The number of esters is 1. The van der Waals surface area contributed by atoms with Crippen molar-refractivity contribution in [1.82, 2.24) is 5.32 Å². The highest BCUT2D eigenvalue weighted by atomic mass is 35.5. The van der Waals surface area contributed by atoms with Crippen LogP contribution in [0.2, 0.25) is 0 Å². The molecule has 0 radical (unpaired) electrons. The maximum absolute atomic E-state index is 11.6. The van der Waals surface area contributed by atoms with Crippen LogP contribution >= 0.6 is 12.4 Å². The predicted octanol–water partition coefficient (Wildman–Crippen LogP) is 2.39. The van der Waals surface area contributed by atoms with E-state index in [1.54, 1.807) is 0 Å². The fraction of sp³-hybridized carbons (Fsp3) is 0.917. The standard InChI is InChI=1S/C12H23NO2.ClH/c1-4-15-12(14)10-5-6-13-11(8-10)7-9(2)3;/h9-11,13H,4-8H2,1-3H3;1H/t10-,11-;/m1./s1. The zero-order valence-corrected chi connectivity index (χ0v) is 11.3. The van der Waals surface area contributed by atoms with Gasteiger partial charge in [-0.3, -0.25) is 4.79 Å². The third-order valence-electron chi connectivity index (χ3n) is 2.87. The van der Waals surface area contributed by atoms with Gasteiger partial charge in [-0.1, -0.05) is 13.8 Å². The van der Waals surface area contributed by atoms with Crippen LogP contribution in [0.5, 0.6) is 0 Å². The van der Waals surface area contributed by atoms with Crippen LogP contribution in [0.3, 0.4) is 0 Å². The molecule has 0 aliphatic carbocycles. The summed E-state index contributed by atoms with van der Waals surface area (Å²) in [6, 6.07) is 0.494. The van der Waals surface area contributed by atoms with Gasteiger partial charge in [0.1, 0.15) is 0 Å². The van der Waals surface area contributed by atoms with E-state index >= 15 is 0 Å². The molecule has 3 nitrogen and oxygen atoms in total. The molecule has 1 aliphatic rings. The van der Waals surface area contributed by atoms with E-state index in [-0.39, 0.29) is 24.3 Å². The minimum atomic E-state index is -0.00671. The lowest BCUT2D eigenvalue weighted by atomic mass is 9.88. The van der Waals surface area contributed by atoms with E-state index in [1.807, 2.05) is 6.92 Å². The first-order valence-corrected chi connectivity index (χ1v) is 6.03. The minimum absolute atomic E-state index is 0. The van der Waals surface area contributed by atoms with E-state index in [0.29, 0.717) is 18.6 Å². The van der Waals surface area contributed by atoms with E-state index in [4.69, 9.17) is 4.74 Å². The van der Waals surface area contributed by atoms with Crippen LogP contribution in [0, 0.1) is 11.8 Å². The number of carbonyl (C=O) groups is 1. The Kier molecular flexibility index (Phi) is 7.77. The van der Waals surface area contributed by atoms with Crippen LogP contribution in [0.15, 0.2) is 0 Å². The number of hydrogen-bond acceptors (Lipinski definition) is 3. The normalized spacial score (nSPS) is 25.0. The van der Waals surface area contributed by atoms with Crippen LogP contribution in [0.1, 0.15) is 40.0 Å². The molecule has 1 N–H and O–H groups in total. The summed E-state index contributed by atoms with van der Waals surface area (Å²) in [4.78, 5) is 11.6. The van der Waals surface area contributed by atoms with E-state index in [1.165, 1.54) is 0 Å². The molecule has 0 spiro atoms. The van der Waals surface area contributed by atoms with Gasteiger partial charge in [-0.25, -0.2) is 0 Å². The Labute approximate surface area is 105 Å². The van der Waals surface area contributed by atoms with Crippen molar-refractivity contribution in [1.29, 1.82) is 0 Å². The molecular weight excluding hydrogens is 226 g/mol. The summed E-state index contributed by atoms with van der Waals surface area (Å²) in [6.45, 7) is 7.74. The molecule has 0 aromatic carbocycles. The molecule has 4 heteroatoms. The van der Waals surface area contributed by atoms with Gasteiger partial charge in [-0.15, -0.1) is 12.4 Å². The van der Waals surface area contributed by atoms with E-state index in [9.17, 15) is 4.79 Å². The zero-order chi connectivity index (χ0) is 11.3. The predicted molar refractivity (Wildman–Crippen MR) is 67.9 cm³/mol. The first-order valence-electron chi connectivity index (χ1n) is 6.03. The second-order valence-electron chi connectivity index (χ2n) is 4.75. The fourth-order valence-electron chi connectivity index (χ4n) is 2.23. The van der Waals surface area contributed by atoms with Gasteiger partial charge in [0, 0.05) is 6.04 Å². The molecule has 96 valence electrons. The summed E-state index contributed by atoms with van der Waals surface area (Å²) in [7, 11) is 0. The highest BCUT2D eigenvalue weighted by Crippen LogP contribution is 2.21. The van der Waals surface area contributed by atoms with Gasteiger partial charge in [0.25, 0.3) is 0 Å². The lowest BCUT2D eigenvalue weighted by Gasteiger charge is -2.30. The Hall–Kier alpha value is -0.280. The van der Waals surface area contributed by atoms with E-state index in [0.717, 1.165) is 25.8 Å². The van der Waals surface area contributed by atoms with Crippen molar-refractivity contribution < 1.29 is 9.53 Å². The molecule has 0 aromatic heterocycles. The summed E-state index contributed by atoms with van der Waals surface area (Å²) in [5.41, 5.74) is 0. The summed E-state index contributed by atoms with van der Waals surface area (Å²) >= 11 is 0. The number of hydrogen-bond donors (Lipinski definition) is 1. The number of rotatable bonds is 4. The summed E-state index contributed by atoms with van der Waals surface area (Å²) in [6.07, 6.45) is 3.01. The molecule has 0 saturated carbocycles. The minimum Gasteiger partial charge on any atom is -0.466 e. The lowest BCUT2D eigenvalue weighted by molar-refractivity contribution is -0.149. The van der Waals surface area contributed by atoms with Gasteiger partial charge in [-0.2, -0.15) is 0 Å². The maximum Gasteiger partial charge on any atom is 0.309 e. The van der Waals surface area contributed by atoms with Crippen molar-refractivity contribution in [3.8, 4) is 0 Å². The van der Waals surface area contributed by atoms with Crippen molar-refractivity contribution in [2.24, 2.45) is 11.8 Å². The smallest absolute Gasteiger partial charge is 0.309 e. The molecule has 0 amide bonds. The number of halogens is 1. The Bertz CT molecular complexity index is 209. The Balaban J connectivity index is 0.00000225. The first-order chi connectivity index (χ1) is 7.13. The third kappa shape index (κ3) is 5.17. The molecule has 1 aliphatic heterocycles. The second-order valence-corrected chi connectivity index (χ2v) is 4.75. The lowest BCUT2D eigenvalue weighted by Crippen LogP contribution is -2.41. The summed E-state index contributed by atoms with van der Waals surface area (Å²) in [5.74, 6) is 0.797.